The van der Waals surface area contributed by atoms with E-state index in [2.05, 4.69) is 57.0 Å². The van der Waals surface area contributed by atoms with Gasteiger partial charge in [0.2, 0.25) is 0 Å². The van der Waals surface area contributed by atoms with Gasteiger partial charge in [0.15, 0.2) is 5.96 Å². The Hall–Kier alpha value is -1.12. The van der Waals surface area contributed by atoms with Crippen molar-refractivity contribution in [2.75, 3.05) is 39.8 Å². The second kappa shape index (κ2) is 9.39. The fraction of sp³-hybridized carbons (Fsp3) is 0.500. The van der Waals surface area contributed by atoms with Gasteiger partial charge in [-0.1, -0.05) is 36.4 Å². The summed E-state index contributed by atoms with van der Waals surface area (Å²) in [5, 5.41) is 3.32. The molecule has 2 atom stereocenters. The van der Waals surface area contributed by atoms with E-state index in [1.54, 1.807) is 0 Å². The minimum absolute atomic E-state index is 0. The maximum Gasteiger partial charge on any atom is 0.194 e. The van der Waals surface area contributed by atoms with Crippen molar-refractivity contribution in [2.24, 2.45) is 4.99 Å². The average molecular weight is 442 g/mol. The molecule has 2 fully saturated rings. The topological polar surface area (TPSA) is 40.1 Å². The molecule has 0 bridgehead atoms. The molecule has 0 saturated carbocycles. The predicted octanol–water partition coefficient (Wildman–Crippen LogP) is 1.95. The summed E-state index contributed by atoms with van der Waals surface area (Å²) in [6.07, 6.45) is 2.11. The molecule has 2 saturated heterocycles. The molecule has 5 nitrogen and oxygen atoms in total. The highest BCUT2D eigenvalue weighted by Crippen LogP contribution is 2.24. The summed E-state index contributed by atoms with van der Waals surface area (Å²) >= 11 is 0. The molecule has 0 aromatic heterocycles. The summed E-state index contributed by atoms with van der Waals surface area (Å²) in [5.41, 5.74) is 1.36. The Kier molecular flexibility index (Phi) is 7.51. The normalized spacial score (nSPS) is 24.2. The number of ether oxygens (including phenoxy) is 1. The maximum absolute atomic E-state index is 6.01. The molecule has 6 heteroatoms. The Bertz CT molecular complexity index is 551. The Morgan fingerprint density at radius 3 is 2.88 bits per heavy atom. The van der Waals surface area contributed by atoms with Gasteiger partial charge in [0.05, 0.1) is 18.8 Å². The number of guanidine groups is 1. The Morgan fingerprint density at radius 2 is 2.17 bits per heavy atom. The number of nitrogens with zero attached hydrogens (tertiary/aromatic N) is 3. The van der Waals surface area contributed by atoms with E-state index in [0.29, 0.717) is 6.04 Å². The monoisotopic (exact) mass is 442 g/mol. The van der Waals surface area contributed by atoms with E-state index < -0.39 is 0 Å². The minimum Gasteiger partial charge on any atom is -0.373 e. The number of halogens is 1. The van der Waals surface area contributed by atoms with Crippen molar-refractivity contribution in [2.45, 2.75) is 18.7 Å². The van der Waals surface area contributed by atoms with Crippen molar-refractivity contribution in [3.63, 3.8) is 0 Å². The van der Waals surface area contributed by atoms with E-state index in [4.69, 9.17) is 4.74 Å². The first kappa shape index (κ1) is 19.2. The standard InChI is InChI=1S/C18H26N4O.HI/c1-3-9-20-18(19-2)22-13-16-17(14-22)23-11-10-21(16)12-15-7-5-4-6-8-15;/h3-8,16-17H,1,9-14H2,2H3,(H,19,20);1H. The summed E-state index contributed by atoms with van der Waals surface area (Å²) < 4.78 is 6.01. The smallest absolute Gasteiger partial charge is 0.194 e. The summed E-state index contributed by atoms with van der Waals surface area (Å²) in [5.74, 6) is 0.933. The van der Waals surface area contributed by atoms with Crippen molar-refractivity contribution in [3.05, 3.63) is 48.6 Å². The largest absolute Gasteiger partial charge is 0.373 e. The van der Waals surface area contributed by atoms with Crippen LogP contribution in [0.3, 0.4) is 0 Å². The fourth-order valence-electron chi connectivity index (χ4n) is 3.44. The van der Waals surface area contributed by atoms with Crippen molar-refractivity contribution >= 4 is 29.9 Å². The molecule has 2 heterocycles. The summed E-state index contributed by atoms with van der Waals surface area (Å²) in [6, 6.07) is 11.1. The summed E-state index contributed by atoms with van der Waals surface area (Å²) in [4.78, 5) is 9.22. The van der Waals surface area contributed by atoms with Gasteiger partial charge in [-0.25, -0.2) is 0 Å². The quantitative estimate of drug-likeness (QED) is 0.335. The Balaban J connectivity index is 0.00000208. The molecule has 1 aromatic carbocycles. The van der Waals surface area contributed by atoms with Gasteiger partial charge in [0.1, 0.15) is 0 Å². The minimum atomic E-state index is 0. The first-order valence-electron chi connectivity index (χ1n) is 8.28. The third kappa shape index (κ3) is 4.49. The van der Waals surface area contributed by atoms with Crippen LogP contribution in [0.25, 0.3) is 0 Å². The molecule has 3 rings (SSSR count). The van der Waals surface area contributed by atoms with Crippen LogP contribution >= 0.6 is 24.0 Å². The number of morpholine rings is 1. The van der Waals surface area contributed by atoms with Crippen LogP contribution in [0.15, 0.2) is 48.0 Å². The van der Waals surface area contributed by atoms with Crippen molar-refractivity contribution in [3.8, 4) is 0 Å². The zero-order valence-electron chi connectivity index (χ0n) is 14.2. The Labute approximate surface area is 161 Å². The molecule has 2 aliphatic heterocycles. The molecule has 2 aliphatic rings. The van der Waals surface area contributed by atoms with Crippen molar-refractivity contribution in [1.82, 2.24) is 15.1 Å². The third-order valence-corrected chi connectivity index (χ3v) is 4.56. The summed E-state index contributed by atoms with van der Waals surface area (Å²) in [6.45, 7) is 9.11. The second-order valence-electron chi connectivity index (χ2n) is 6.05. The lowest BCUT2D eigenvalue weighted by Crippen LogP contribution is -2.50. The number of hydrogen-bond acceptors (Lipinski definition) is 3. The van der Waals surface area contributed by atoms with Crippen LogP contribution in [0.4, 0.5) is 0 Å². The van der Waals surface area contributed by atoms with Crippen LogP contribution in [-0.4, -0.2) is 67.7 Å². The van der Waals surface area contributed by atoms with Gasteiger partial charge in [-0.15, -0.1) is 30.6 Å². The van der Waals surface area contributed by atoms with Crippen LogP contribution in [0.1, 0.15) is 5.56 Å². The van der Waals surface area contributed by atoms with Crippen LogP contribution in [0.2, 0.25) is 0 Å². The van der Waals surface area contributed by atoms with E-state index in [0.717, 1.165) is 45.3 Å². The molecule has 0 radical (unpaired) electrons. The highest BCUT2D eigenvalue weighted by atomic mass is 127. The highest BCUT2D eigenvalue weighted by molar-refractivity contribution is 14.0. The molecule has 24 heavy (non-hydrogen) atoms. The molecular formula is C18H27IN4O. The molecule has 0 amide bonds. The van der Waals surface area contributed by atoms with E-state index >= 15 is 0 Å². The van der Waals surface area contributed by atoms with Gasteiger partial charge in [-0.3, -0.25) is 9.89 Å². The lowest BCUT2D eigenvalue weighted by molar-refractivity contribution is -0.0502. The van der Waals surface area contributed by atoms with Crippen molar-refractivity contribution < 1.29 is 4.74 Å². The summed E-state index contributed by atoms with van der Waals surface area (Å²) in [7, 11) is 1.83. The first-order valence-corrected chi connectivity index (χ1v) is 8.28. The lowest BCUT2D eigenvalue weighted by Gasteiger charge is -2.36. The zero-order valence-corrected chi connectivity index (χ0v) is 16.6. The SMILES string of the molecule is C=CCNC(=NC)N1CC2OCCN(Cc3ccccc3)C2C1.I. The number of hydrogen-bond donors (Lipinski definition) is 1. The number of fused-ring (bicyclic) bond motifs is 1. The highest BCUT2D eigenvalue weighted by Gasteiger charge is 2.40. The molecular weight excluding hydrogens is 415 g/mol. The number of aliphatic imine (C=N–C) groups is 1. The van der Waals surface area contributed by atoms with E-state index in [9.17, 15) is 0 Å². The van der Waals surface area contributed by atoms with Crippen LogP contribution in [-0.2, 0) is 11.3 Å². The number of rotatable bonds is 4. The molecule has 1 aromatic rings. The predicted molar refractivity (Wildman–Crippen MR) is 109 cm³/mol. The van der Waals surface area contributed by atoms with Gasteiger partial charge >= 0.3 is 0 Å². The van der Waals surface area contributed by atoms with Crippen LogP contribution < -0.4 is 5.32 Å². The van der Waals surface area contributed by atoms with Gasteiger partial charge in [0, 0.05) is 39.8 Å². The lowest BCUT2D eigenvalue weighted by atomic mass is 10.1. The van der Waals surface area contributed by atoms with E-state index in [1.807, 2.05) is 13.1 Å². The molecule has 0 spiro atoms. The number of nitrogens with one attached hydrogen (secondary N) is 1. The van der Waals surface area contributed by atoms with E-state index in [1.165, 1.54) is 5.56 Å². The number of likely N-dealkylation sites (tertiary alicyclic amines) is 1. The van der Waals surface area contributed by atoms with Gasteiger partial charge < -0.3 is 15.0 Å². The average Bonchev–Trinajstić information content (AvgIpc) is 3.02. The van der Waals surface area contributed by atoms with Gasteiger partial charge in [0.25, 0.3) is 0 Å². The van der Waals surface area contributed by atoms with Crippen molar-refractivity contribution in [1.29, 1.82) is 0 Å². The molecule has 132 valence electrons. The zero-order chi connectivity index (χ0) is 16.1. The van der Waals surface area contributed by atoms with Crippen LogP contribution in [0.5, 0.6) is 0 Å². The molecule has 0 aliphatic carbocycles. The Morgan fingerprint density at radius 1 is 1.38 bits per heavy atom. The maximum atomic E-state index is 6.01. The molecule has 2 unspecified atom stereocenters. The third-order valence-electron chi connectivity index (χ3n) is 4.56. The van der Waals surface area contributed by atoms with Gasteiger partial charge in [-0.2, -0.15) is 0 Å². The number of benzene rings is 1. The van der Waals surface area contributed by atoms with E-state index in [-0.39, 0.29) is 30.1 Å². The first-order chi connectivity index (χ1) is 11.3. The van der Waals surface area contributed by atoms with Crippen LogP contribution in [0, 0.1) is 0 Å². The fourth-order valence-corrected chi connectivity index (χ4v) is 3.44. The second-order valence-corrected chi connectivity index (χ2v) is 6.05. The van der Waals surface area contributed by atoms with Gasteiger partial charge in [-0.05, 0) is 5.56 Å². The molecule has 1 N–H and O–H groups in total.